The third kappa shape index (κ3) is 2.50. The minimum Gasteiger partial charge on any atom is -0.278 e. The fourth-order valence-electron chi connectivity index (χ4n) is 5.19. The molecule has 0 atom stereocenters. The van der Waals surface area contributed by atoms with Crippen LogP contribution in [0.3, 0.4) is 0 Å². The second kappa shape index (κ2) is 6.77. The summed E-state index contributed by atoms with van der Waals surface area (Å²) in [5.41, 5.74) is 8.10. The SMILES string of the molecule is c1ccc2nn(-c3ccc(-n4c5ccccc5n5c6ccccc6nc45)c4ccccc34)nc2c1. The van der Waals surface area contributed by atoms with Crippen LogP contribution in [-0.4, -0.2) is 28.9 Å². The van der Waals surface area contributed by atoms with Crippen molar-refractivity contribution in [3.05, 3.63) is 109 Å². The van der Waals surface area contributed by atoms with E-state index in [4.69, 9.17) is 15.2 Å². The molecule has 3 heterocycles. The smallest absolute Gasteiger partial charge is 0.220 e. The number of fused-ring (bicyclic) bond motifs is 7. The molecule has 35 heavy (non-hydrogen) atoms. The molecule has 0 radical (unpaired) electrons. The molecule has 0 aliphatic heterocycles. The Hall–Kier alpha value is -4.97. The van der Waals surface area contributed by atoms with Crippen molar-refractivity contribution in [2.45, 2.75) is 0 Å². The maximum absolute atomic E-state index is 5.04. The standard InChI is InChI=1S/C29H18N6/c1-2-10-20-19(9-1)24(17-18-25(20)35-31-21-11-3-4-12-22(21)32-35)33-27-15-7-8-16-28(27)34-26-14-6-5-13-23(26)30-29(33)34/h1-18H. The van der Waals surface area contributed by atoms with Crippen LogP contribution >= 0.6 is 0 Å². The second-order valence-electron chi connectivity index (χ2n) is 8.69. The van der Waals surface area contributed by atoms with Gasteiger partial charge in [-0.3, -0.25) is 8.97 Å². The van der Waals surface area contributed by atoms with Gasteiger partial charge in [-0.05, 0) is 48.5 Å². The lowest BCUT2D eigenvalue weighted by atomic mass is 10.1. The Labute approximate surface area is 199 Å². The van der Waals surface area contributed by atoms with Crippen LogP contribution < -0.4 is 0 Å². The Balaban J connectivity index is 1.47. The third-order valence-corrected chi connectivity index (χ3v) is 6.73. The molecule has 0 unspecified atom stereocenters. The highest BCUT2D eigenvalue weighted by Crippen LogP contribution is 2.34. The highest BCUT2D eigenvalue weighted by Gasteiger charge is 2.19. The number of hydrogen-bond acceptors (Lipinski definition) is 3. The van der Waals surface area contributed by atoms with E-state index >= 15 is 0 Å². The highest BCUT2D eigenvalue weighted by atomic mass is 15.5. The summed E-state index contributed by atoms with van der Waals surface area (Å²) in [5.74, 6) is 0.897. The molecule has 6 heteroatoms. The van der Waals surface area contributed by atoms with E-state index in [0.717, 1.165) is 61.0 Å². The van der Waals surface area contributed by atoms with Crippen molar-refractivity contribution in [1.82, 2.24) is 28.9 Å². The van der Waals surface area contributed by atoms with E-state index in [9.17, 15) is 0 Å². The summed E-state index contributed by atoms with van der Waals surface area (Å²) >= 11 is 0. The minimum absolute atomic E-state index is 0.878. The molecular weight excluding hydrogens is 432 g/mol. The number of aromatic nitrogens is 6. The van der Waals surface area contributed by atoms with Gasteiger partial charge in [0.2, 0.25) is 5.78 Å². The van der Waals surface area contributed by atoms with Crippen LogP contribution in [0.2, 0.25) is 0 Å². The topological polar surface area (TPSA) is 52.9 Å². The van der Waals surface area contributed by atoms with Crippen molar-refractivity contribution in [2.24, 2.45) is 0 Å². The molecule has 0 aliphatic carbocycles. The predicted molar refractivity (Wildman–Crippen MR) is 139 cm³/mol. The average Bonchev–Trinajstić information content (AvgIpc) is 3.59. The van der Waals surface area contributed by atoms with E-state index < -0.39 is 0 Å². The number of hydrogen-bond donors (Lipinski definition) is 0. The quantitative estimate of drug-likeness (QED) is 0.310. The third-order valence-electron chi connectivity index (χ3n) is 6.73. The van der Waals surface area contributed by atoms with Crippen LogP contribution in [0.15, 0.2) is 109 Å². The Morgan fingerprint density at radius 2 is 1.00 bits per heavy atom. The van der Waals surface area contributed by atoms with Crippen molar-refractivity contribution in [2.75, 3.05) is 0 Å². The number of nitrogens with zero attached hydrogens (tertiary/aromatic N) is 6. The van der Waals surface area contributed by atoms with Crippen LogP contribution in [-0.2, 0) is 0 Å². The van der Waals surface area contributed by atoms with Gasteiger partial charge in [-0.25, -0.2) is 4.98 Å². The molecule has 3 aromatic heterocycles. The molecule has 0 saturated carbocycles. The van der Waals surface area contributed by atoms with Crippen molar-refractivity contribution in [3.8, 4) is 11.4 Å². The Kier molecular flexibility index (Phi) is 3.57. The van der Waals surface area contributed by atoms with Gasteiger partial charge in [0.15, 0.2) is 0 Å². The molecular formula is C29H18N6. The van der Waals surface area contributed by atoms with E-state index in [1.54, 1.807) is 4.80 Å². The number of benzene rings is 5. The summed E-state index contributed by atoms with van der Waals surface area (Å²) in [4.78, 5) is 6.78. The largest absolute Gasteiger partial charge is 0.278 e. The normalized spacial score (nSPS) is 12.0. The van der Waals surface area contributed by atoms with Gasteiger partial charge in [0, 0.05) is 10.8 Å². The summed E-state index contributed by atoms with van der Waals surface area (Å²) < 4.78 is 4.50. The summed E-state index contributed by atoms with van der Waals surface area (Å²) in [6.45, 7) is 0. The van der Waals surface area contributed by atoms with E-state index in [-0.39, 0.29) is 0 Å². The molecule has 0 spiro atoms. The Bertz CT molecular complexity index is 2040. The lowest BCUT2D eigenvalue weighted by Crippen LogP contribution is -2.02. The van der Waals surface area contributed by atoms with Gasteiger partial charge in [-0.1, -0.05) is 60.7 Å². The first kappa shape index (κ1) is 18.5. The zero-order valence-corrected chi connectivity index (χ0v) is 18.6. The van der Waals surface area contributed by atoms with Crippen molar-refractivity contribution in [3.63, 3.8) is 0 Å². The summed E-state index contributed by atoms with van der Waals surface area (Å²) in [6, 6.07) is 37.4. The van der Waals surface area contributed by atoms with Gasteiger partial charge in [0.1, 0.15) is 11.0 Å². The van der Waals surface area contributed by atoms with Crippen LogP contribution in [0.1, 0.15) is 0 Å². The summed E-state index contributed by atoms with van der Waals surface area (Å²) in [6.07, 6.45) is 0. The molecule has 0 aliphatic rings. The van der Waals surface area contributed by atoms with E-state index in [1.807, 2.05) is 30.3 Å². The summed E-state index contributed by atoms with van der Waals surface area (Å²) in [5, 5.41) is 11.7. The van der Waals surface area contributed by atoms with Crippen molar-refractivity contribution < 1.29 is 0 Å². The van der Waals surface area contributed by atoms with E-state index in [1.165, 1.54) is 0 Å². The monoisotopic (exact) mass is 450 g/mol. The van der Waals surface area contributed by atoms with Gasteiger partial charge in [0.25, 0.3) is 0 Å². The highest BCUT2D eigenvalue weighted by molar-refractivity contribution is 6.00. The first-order chi connectivity index (χ1) is 17.4. The molecule has 164 valence electrons. The van der Waals surface area contributed by atoms with Crippen LogP contribution in [0.4, 0.5) is 0 Å². The van der Waals surface area contributed by atoms with Crippen molar-refractivity contribution in [1.29, 1.82) is 0 Å². The molecule has 5 aromatic carbocycles. The maximum Gasteiger partial charge on any atom is 0.220 e. The van der Waals surface area contributed by atoms with Gasteiger partial charge in [-0.2, -0.15) is 0 Å². The zero-order valence-electron chi connectivity index (χ0n) is 18.6. The second-order valence-corrected chi connectivity index (χ2v) is 8.69. The minimum atomic E-state index is 0.878. The summed E-state index contributed by atoms with van der Waals surface area (Å²) in [7, 11) is 0. The zero-order chi connectivity index (χ0) is 22.9. The van der Waals surface area contributed by atoms with Crippen LogP contribution in [0.25, 0.3) is 61.0 Å². The van der Waals surface area contributed by atoms with Gasteiger partial charge < -0.3 is 0 Å². The molecule has 8 rings (SSSR count). The molecule has 0 fully saturated rings. The maximum atomic E-state index is 5.04. The number of para-hydroxylation sites is 4. The molecule has 0 amide bonds. The fraction of sp³-hybridized carbons (Fsp3) is 0. The molecule has 0 N–H and O–H groups in total. The number of imidazole rings is 2. The molecule has 0 saturated heterocycles. The van der Waals surface area contributed by atoms with Crippen molar-refractivity contribution >= 4 is 49.7 Å². The first-order valence-electron chi connectivity index (χ1n) is 11.6. The Morgan fingerprint density at radius 3 is 1.74 bits per heavy atom. The van der Waals surface area contributed by atoms with E-state index in [0.29, 0.717) is 0 Å². The van der Waals surface area contributed by atoms with Crippen LogP contribution in [0, 0.1) is 0 Å². The molecule has 6 nitrogen and oxygen atoms in total. The lowest BCUT2D eigenvalue weighted by molar-refractivity contribution is 0.771. The first-order valence-corrected chi connectivity index (χ1v) is 11.6. The molecule has 8 aromatic rings. The molecule has 0 bridgehead atoms. The Morgan fingerprint density at radius 1 is 0.457 bits per heavy atom. The predicted octanol–water partition coefficient (Wildman–Crippen LogP) is 6.32. The lowest BCUT2D eigenvalue weighted by Gasteiger charge is -2.12. The van der Waals surface area contributed by atoms with Gasteiger partial charge >= 0.3 is 0 Å². The van der Waals surface area contributed by atoms with E-state index in [2.05, 4.69) is 87.8 Å². The fourth-order valence-corrected chi connectivity index (χ4v) is 5.19. The van der Waals surface area contributed by atoms with Gasteiger partial charge in [0.05, 0.1) is 33.4 Å². The number of rotatable bonds is 2. The average molecular weight is 451 g/mol. The van der Waals surface area contributed by atoms with Crippen LogP contribution in [0.5, 0.6) is 0 Å². The van der Waals surface area contributed by atoms with Gasteiger partial charge in [-0.15, -0.1) is 15.0 Å².